The van der Waals surface area contributed by atoms with Gasteiger partial charge in [0.2, 0.25) is 5.88 Å². The fraction of sp³-hybridized carbons (Fsp3) is 0.0435. The van der Waals surface area contributed by atoms with Gasteiger partial charge in [-0.1, -0.05) is 18.2 Å². The quantitative estimate of drug-likeness (QED) is 0.313. The Bertz CT molecular complexity index is 1340. The smallest absolute Gasteiger partial charge is 0.276 e. The number of hydrogen-bond donors (Lipinski definition) is 1. The average Bonchev–Trinajstić information content (AvgIpc) is 3.13. The molecule has 33 heavy (non-hydrogen) atoms. The maximum atomic E-state index is 14.5. The number of carbonyl (C=O) groups is 1. The lowest BCUT2D eigenvalue weighted by atomic mass is 10.2. The minimum absolute atomic E-state index is 0.000461. The molecule has 0 aliphatic rings. The molecule has 0 atom stereocenters. The number of carbonyl (C=O) groups excluding carboxylic acids is 1. The normalized spacial score (nSPS) is 10.6. The number of nitro groups is 1. The van der Waals surface area contributed by atoms with Crippen LogP contribution < -0.4 is 10.1 Å². The molecule has 1 amide bonds. The minimum atomic E-state index is -0.943. The Morgan fingerprint density at radius 3 is 2.39 bits per heavy atom. The molecule has 8 nitrogen and oxygen atoms in total. The molecular weight excluding hydrogens is 434 g/mol. The molecule has 0 fully saturated rings. The summed E-state index contributed by atoms with van der Waals surface area (Å²) in [6.45, 7) is 1.57. The van der Waals surface area contributed by atoms with Gasteiger partial charge in [0, 0.05) is 17.3 Å². The van der Waals surface area contributed by atoms with Gasteiger partial charge in [-0.05, 0) is 49.4 Å². The van der Waals surface area contributed by atoms with Crippen molar-refractivity contribution >= 4 is 17.3 Å². The number of halogens is 2. The summed E-state index contributed by atoms with van der Waals surface area (Å²) in [5.74, 6) is -2.19. The number of amides is 1. The van der Waals surface area contributed by atoms with Gasteiger partial charge < -0.3 is 10.1 Å². The SMILES string of the molecule is Cc1c(C(=O)Nc2ccc(F)cc2)nn(-c2ccccc2)c1Oc1ccc([N+](=O)[O-])cc1F. The molecular formula is C23H16F2N4O4. The molecule has 0 aliphatic heterocycles. The number of hydrogen-bond acceptors (Lipinski definition) is 5. The number of nitrogens with zero attached hydrogens (tertiary/aromatic N) is 3. The van der Waals surface area contributed by atoms with E-state index in [1.54, 1.807) is 37.3 Å². The van der Waals surface area contributed by atoms with Crippen LogP contribution in [-0.2, 0) is 0 Å². The predicted molar refractivity (Wildman–Crippen MR) is 116 cm³/mol. The van der Waals surface area contributed by atoms with E-state index >= 15 is 0 Å². The summed E-state index contributed by atoms with van der Waals surface area (Å²) in [6.07, 6.45) is 0. The van der Waals surface area contributed by atoms with Crippen molar-refractivity contribution in [2.45, 2.75) is 6.92 Å². The Labute approximate surface area is 186 Å². The summed E-state index contributed by atoms with van der Waals surface area (Å²) in [5, 5.41) is 17.8. The number of para-hydroxylation sites is 1. The fourth-order valence-electron chi connectivity index (χ4n) is 3.07. The molecule has 1 heterocycles. The second-order valence-corrected chi connectivity index (χ2v) is 6.96. The summed E-state index contributed by atoms with van der Waals surface area (Å²) < 4.78 is 34.7. The Morgan fingerprint density at radius 1 is 1.06 bits per heavy atom. The molecule has 0 saturated carbocycles. The third-order valence-electron chi connectivity index (χ3n) is 4.72. The van der Waals surface area contributed by atoms with Crippen LogP contribution in [0.2, 0.25) is 0 Å². The first kappa shape index (κ1) is 21.6. The van der Waals surface area contributed by atoms with E-state index in [0.717, 1.165) is 18.2 Å². The summed E-state index contributed by atoms with van der Waals surface area (Å²) in [7, 11) is 0. The number of ether oxygens (including phenoxy) is 1. The van der Waals surface area contributed by atoms with Gasteiger partial charge in [-0.2, -0.15) is 9.78 Å². The lowest BCUT2D eigenvalue weighted by Gasteiger charge is -2.10. The monoisotopic (exact) mass is 450 g/mol. The van der Waals surface area contributed by atoms with Gasteiger partial charge in [-0.25, -0.2) is 8.78 Å². The maximum absolute atomic E-state index is 14.5. The molecule has 0 radical (unpaired) electrons. The first-order valence-corrected chi connectivity index (χ1v) is 9.67. The first-order valence-electron chi connectivity index (χ1n) is 9.67. The Balaban J connectivity index is 1.74. The van der Waals surface area contributed by atoms with Crippen molar-refractivity contribution in [3.8, 4) is 17.3 Å². The topological polar surface area (TPSA) is 99.3 Å². The summed E-state index contributed by atoms with van der Waals surface area (Å²) in [6, 6.07) is 16.9. The van der Waals surface area contributed by atoms with Gasteiger partial charge in [0.1, 0.15) is 5.82 Å². The van der Waals surface area contributed by atoms with Crippen LogP contribution in [-0.4, -0.2) is 20.6 Å². The van der Waals surface area contributed by atoms with Crippen LogP contribution in [0, 0.1) is 28.7 Å². The summed E-state index contributed by atoms with van der Waals surface area (Å²) in [5.41, 5.74) is 0.780. The largest absolute Gasteiger partial charge is 0.436 e. The molecule has 0 spiro atoms. The number of nitrogens with one attached hydrogen (secondary N) is 1. The van der Waals surface area contributed by atoms with Crippen molar-refractivity contribution in [3.63, 3.8) is 0 Å². The number of aromatic nitrogens is 2. The van der Waals surface area contributed by atoms with E-state index in [1.807, 2.05) is 0 Å². The van der Waals surface area contributed by atoms with Crippen molar-refractivity contribution in [2.24, 2.45) is 0 Å². The minimum Gasteiger partial charge on any atom is -0.436 e. The summed E-state index contributed by atoms with van der Waals surface area (Å²) >= 11 is 0. The number of benzene rings is 3. The van der Waals surface area contributed by atoms with E-state index in [9.17, 15) is 23.7 Å². The van der Waals surface area contributed by atoms with Crippen molar-refractivity contribution in [1.29, 1.82) is 0 Å². The molecule has 0 aliphatic carbocycles. The average molecular weight is 450 g/mol. The molecule has 0 saturated heterocycles. The number of rotatable bonds is 6. The second-order valence-electron chi connectivity index (χ2n) is 6.96. The predicted octanol–water partition coefficient (Wildman–Crippen LogP) is 5.41. The second kappa shape index (κ2) is 8.87. The first-order chi connectivity index (χ1) is 15.8. The van der Waals surface area contributed by atoms with Gasteiger partial charge in [0.05, 0.1) is 16.7 Å². The van der Waals surface area contributed by atoms with E-state index < -0.39 is 28.2 Å². The zero-order valence-electron chi connectivity index (χ0n) is 17.2. The van der Waals surface area contributed by atoms with Crippen LogP contribution in [0.25, 0.3) is 5.69 Å². The van der Waals surface area contributed by atoms with E-state index in [-0.39, 0.29) is 17.3 Å². The fourth-order valence-corrected chi connectivity index (χ4v) is 3.07. The van der Waals surface area contributed by atoms with Gasteiger partial charge in [-0.15, -0.1) is 0 Å². The highest BCUT2D eigenvalue weighted by molar-refractivity contribution is 6.04. The number of nitro benzene ring substituents is 1. The van der Waals surface area contributed by atoms with E-state index in [4.69, 9.17) is 4.74 Å². The molecule has 0 unspecified atom stereocenters. The van der Waals surface area contributed by atoms with Crippen LogP contribution in [0.15, 0.2) is 72.8 Å². The third-order valence-corrected chi connectivity index (χ3v) is 4.72. The maximum Gasteiger partial charge on any atom is 0.276 e. The lowest BCUT2D eigenvalue weighted by molar-refractivity contribution is -0.385. The van der Waals surface area contributed by atoms with Crippen molar-refractivity contribution < 1.29 is 23.2 Å². The Kier molecular flexibility index (Phi) is 5.81. The molecule has 0 bridgehead atoms. The van der Waals surface area contributed by atoms with Gasteiger partial charge in [0.15, 0.2) is 17.3 Å². The zero-order chi connectivity index (χ0) is 23.5. The van der Waals surface area contributed by atoms with Crippen molar-refractivity contribution in [2.75, 3.05) is 5.32 Å². The standard InChI is InChI=1S/C23H16F2N4O4/c1-14-21(22(30)26-16-9-7-15(24)8-10-16)27-28(17-5-3-2-4-6-17)23(14)33-20-12-11-18(29(31)32)13-19(20)25/h2-13H,1H3,(H,26,30). The summed E-state index contributed by atoms with van der Waals surface area (Å²) in [4.78, 5) is 23.0. The van der Waals surface area contributed by atoms with E-state index in [0.29, 0.717) is 16.9 Å². The van der Waals surface area contributed by atoms with Crippen LogP contribution in [0.4, 0.5) is 20.2 Å². The number of non-ortho nitro benzene ring substituents is 1. The Hall–Kier alpha value is -4.60. The molecule has 1 aromatic heterocycles. The van der Waals surface area contributed by atoms with Gasteiger partial charge >= 0.3 is 0 Å². The number of anilines is 1. The molecule has 4 aromatic rings. The highest BCUT2D eigenvalue weighted by Gasteiger charge is 2.24. The molecule has 10 heteroatoms. The third kappa shape index (κ3) is 4.54. The van der Waals surface area contributed by atoms with E-state index in [2.05, 4.69) is 10.4 Å². The zero-order valence-corrected chi connectivity index (χ0v) is 17.2. The highest BCUT2D eigenvalue weighted by atomic mass is 19.1. The van der Waals surface area contributed by atoms with Crippen molar-refractivity contribution in [3.05, 3.63) is 106 Å². The van der Waals surface area contributed by atoms with Crippen LogP contribution in [0.3, 0.4) is 0 Å². The van der Waals surface area contributed by atoms with E-state index in [1.165, 1.54) is 28.9 Å². The van der Waals surface area contributed by atoms with Crippen molar-refractivity contribution in [1.82, 2.24) is 9.78 Å². The molecule has 1 N–H and O–H groups in total. The molecule has 3 aromatic carbocycles. The highest BCUT2D eigenvalue weighted by Crippen LogP contribution is 2.33. The molecule has 166 valence electrons. The van der Waals surface area contributed by atoms with Crippen LogP contribution >= 0.6 is 0 Å². The lowest BCUT2D eigenvalue weighted by Crippen LogP contribution is -2.14. The van der Waals surface area contributed by atoms with Crippen LogP contribution in [0.1, 0.15) is 16.1 Å². The van der Waals surface area contributed by atoms with Gasteiger partial charge in [0.25, 0.3) is 11.6 Å². The molecule has 4 rings (SSSR count). The Morgan fingerprint density at radius 2 is 1.76 bits per heavy atom. The van der Waals surface area contributed by atoms with Crippen LogP contribution in [0.5, 0.6) is 11.6 Å². The van der Waals surface area contributed by atoms with Gasteiger partial charge in [-0.3, -0.25) is 14.9 Å².